The minimum absolute atomic E-state index is 0.109. The molecule has 0 aromatic rings. The van der Waals surface area contributed by atoms with Crippen molar-refractivity contribution in [1.82, 2.24) is 10.2 Å². The number of nitrogens with zero attached hydrogens (tertiary/aromatic N) is 2. The Labute approximate surface area is 321 Å². The summed E-state index contributed by atoms with van der Waals surface area (Å²) in [5.41, 5.74) is -1.46. The van der Waals surface area contributed by atoms with Crippen LogP contribution in [0.2, 0.25) is 0 Å². The van der Waals surface area contributed by atoms with Gasteiger partial charge in [-0.1, -0.05) is 147 Å². The zero-order valence-electron chi connectivity index (χ0n) is 34.4. The highest BCUT2D eigenvalue weighted by molar-refractivity contribution is 7.81. The number of amidine groups is 1. The molecule has 1 aliphatic heterocycles. The minimum atomic E-state index is -4.28. The predicted molar refractivity (Wildman–Crippen MR) is 221 cm³/mol. The molecule has 0 saturated carbocycles. The van der Waals surface area contributed by atoms with Gasteiger partial charge in [0.1, 0.15) is 5.84 Å². The Bertz CT molecular complexity index is 1080. The molecule has 0 spiro atoms. The van der Waals surface area contributed by atoms with Crippen molar-refractivity contribution in [1.29, 1.82) is 0 Å². The summed E-state index contributed by atoms with van der Waals surface area (Å²) in [5.74, 6) is 0.697. The molecule has 1 aliphatic rings. The average molecular weight is 752 g/mol. The molecule has 0 aliphatic carbocycles. The monoisotopic (exact) mass is 752 g/mol. The fourth-order valence-electron chi connectivity index (χ4n) is 6.89. The molecule has 0 bridgehead atoms. The van der Waals surface area contributed by atoms with Crippen molar-refractivity contribution in [3.63, 3.8) is 0 Å². The van der Waals surface area contributed by atoms with Gasteiger partial charge in [0.15, 0.2) is 0 Å². The number of amides is 1. The number of aliphatic imine (C=N–C) groups is 1. The van der Waals surface area contributed by atoms with E-state index in [-0.39, 0.29) is 12.5 Å². The summed E-state index contributed by atoms with van der Waals surface area (Å²) < 4.78 is 35.1. The van der Waals surface area contributed by atoms with Crippen LogP contribution >= 0.6 is 0 Å². The maximum Gasteiger partial charge on any atom is 0.402 e. The van der Waals surface area contributed by atoms with E-state index in [9.17, 15) is 13.2 Å². The van der Waals surface area contributed by atoms with Crippen molar-refractivity contribution in [2.24, 2.45) is 4.99 Å². The second-order valence-electron chi connectivity index (χ2n) is 15.2. The third kappa shape index (κ3) is 24.6. The molecule has 1 heterocycles. The average Bonchev–Trinajstić information content (AvgIpc) is 3.44. The molecule has 2 atom stereocenters. The van der Waals surface area contributed by atoms with E-state index in [0.29, 0.717) is 6.42 Å². The van der Waals surface area contributed by atoms with Crippen LogP contribution in [0.15, 0.2) is 29.3 Å². The first-order chi connectivity index (χ1) is 25.2. The highest BCUT2D eigenvalue weighted by Crippen LogP contribution is 2.30. The number of likely N-dealkylation sites (N-methyl/N-ethyl adjacent to an activating group) is 1. The SMILES string of the molecule is CCCCCCCC/C=C\CCCCCCCCC1=NC(OS(=O)(=O)OC)(C(C)NC(=O)CCCCCCC/C=C\CCCCCCCC)CN1C. The third-order valence-electron chi connectivity index (χ3n) is 10.3. The molecule has 304 valence electrons. The molecule has 1 amide bonds. The quantitative estimate of drug-likeness (QED) is 0.0506. The van der Waals surface area contributed by atoms with E-state index < -0.39 is 22.2 Å². The Balaban J connectivity index is 2.34. The first-order valence-electron chi connectivity index (χ1n) is 21.6. The number of unbranched alkanes of at least 4 members (excludes halogenated alkanes) is 23. The van der Waals surface area contributed by atoms with Gasteiger partial charge in [0.05, 0.1) is 19.7 Å². The molecule has 1 N–H and O–H groups in total. The smallest absolute Gasteiger partial charge is 0.358 e. The molecule has 0 fully saturated rings. The molecule has 0 saturated heterocycles. The maximum absolute atomic E-state index is 12.9. The number of carbonyl (C=O) groups is 1. The highest BCUT2D eigenvalue weighted by atomic mass is 32.3. The molecular formula is C43H81N3O5S. The molecule has 1 rings (SSSR count). The Morgan fingerprint density at radius 1 is 0.712 bits per heavy atom. The molecule has 2 unspecified atom stereocenters. The largest absolute Gasteiger partial charge is 0.402 e. The number of rotatable bonds is 36. The minimum Gasteiger partial charge on any atom is -0.358 e. The molecule has 0 aromatic heterocycles. The fourth-order valence-corrected chi connectivity index (χ4v) is 7.55. The van der Waals surface area contributed by atoms with Crippen molar-refractivity contribution in [2.75, 3.05) is 20.7 Å². The van der Waals surface area contributed by atoms with Gasteiger partial charge in [-0.15, -0.1) is 0 Å². The first kappa shape index (κ1) is 48.3. The van der Waals surface area contributed by atoms with Gasteiger partial charge in [0.2, 0.25) is 11.6 Å². The van der Waals surface area contributed by atoms with Gasteiger partial charge in [0, 0.05) is 19.9 Å². The van der Waals surface area contributed by atoms with Gasteiger partial charge in [-0.05, 0) is 71.1 Å². The molecule has 9 heteroatoms. The highest BCUT2D eigenvalue weighted by Gasteiger charge is 2.48. The van der Waals surface area contributed by atoms with Gasteiger partial charge in [-0.3, -0.25) is 8.98 Å². The standard InChI is InChI=1S/C43H81N3O5S/c1-6-8-10-12-14-16-18-20-22-24-25-27-29-31-33-35-37-41-45-43(39-46(41)4,51-52(48,49)50-5)40(3)44-42(47)38-36-34-32-30-28-26-23-21-19-17-15-13-11-9-7-2/h20-23,40H,6-19,24-39H2,1-5H3,(H,44,47)/b22-20-,23-21-. The van der Waals surface area contributed by atoms with Crippen molar-refractivity contribution in [3.05, 3.63) is 24.3 Å². The Morgan fingerprint density at radius 2 is 1.12 bits per heavy atom. The van der Waals surface area contributed by atoms with E-state index in [2.05, 4.69) is 47.7 Å². The number of allylic oxidation sites excluding steroid dienone is 4. The van der Waals surface area contributed by atoms with Crippen LogP contribution in [0.3, 0.4) is 0 Å². The number of carbonyl (C=O) groups excluding carboxylic acids is 1. The lowest BCUT2D eigenvalue weighted by Crippen LogP contribution is -2.54. The second kappa shape index (κ2) is 31.6. The van der Waals surface area contributed by atoms with Crippen LogP contribution in [-0.2, 0) is 23.6 Å². The summed E-state index contributed by atoms with van der Waals surface area (Å²) in [7, 11) is -1.29. The van der Waals surface area contributed by atoms with E-state index in [1.807, 2.05) is 11.9 Å². The lowest BCUT2D eigenvalue weighted by molar-refractivity contribution is -0.123. The number of nitrogens with one attached hydrogen (secondary N) is 1. The van der Waals surface area contributed by atoms with Crippen molar-refractivity contribution >= 4 is 22.1 Å². The van der Waals surface area contributed by atoms with Crippen LogP contribution in [0.25, 0.3) is 0 Å². The lowest BCUT2D eigenvalue weighted by Gasteiger charge is -2.32. The van der Waals surface area contributed by atoms with E-state index in [4.69, 9.17) is 9.18 Å². The normalized spacial score (nSPS) is 17.1. The summed E-state index contributed by atoms with van der Waals surface area (Å²) in [6.07, 6.45) is 43.7. The Hall–Kier alpha value is -1.71. The van der Waals surface area contributed by atoms with E-state index in [0.717, 1.165) is 57.9 Å². The van der Waals surface area contributed by atoms with Crippen LogP contribution in [-0.4, -0.2) is 57.5 Å². The molecule has 0 aromatic carbocycles. The lowest BCUT2D eigenvalue weighted by atomic mass is 10.1. The topological polar surface area (TPSA) is 97.3 Å². The van der Waals surface area contributed by atoms with Crippen LogP contribution < -0.4 is 5.32 Å². The summed E-state index contributed by atoms with van der Waals surface area (Å²) in [6, 6.07) is -0.646. The fraction of sp³-hybridized carbons (Fsp3) is 0.860. The van der Waals surface area contributed by atoms with Crippen molar-refractivity contribution in [2.45, 2.75) is 219 Å². The summed E-state index contributed by atoms with van der Waals surface area (Å²) in [6.45, 7) is 6.52. The van der Waals surface area contributed by atoms with Gasteiger partial charge in [-0.25, -0.2) is 9.18 Å². The van der Waals surface area contributed by atoms with Crippen LogP contribution in [0, 0.1) is 0 Å². The van der Waals surface area contributed by atoms with Crippen LogP contribution in [0.4, 0.5) is 0 Å². The van der Waals surface area contributed by atoms with E-state index >= 15 is 0 Å². The summed E-state index contributed by atoms with van der Waals surface area (Å²) in [5, 5.41) is 2.99. The van der Waals surface area contributed by atoms with Crippen LogP contribution in [0.5, 0.6) is 0 Å². The van der Waals surface area contributed by atoms with Gasteiger partial charge in [0.25, 0.3) is 0 Å². The number of hydrogen-bond donors (Lipinski definition) is 1. The Kier molecular flexibility index (Phi) is 29.4. The van der Waals surface area contributed by atoms with Crippen LogP contribution in [0.1, 0.15) is 207 Å². The first-order valence-corrected chi connectivity index (χ1v) is 22.9. The zero-order valence-corrected chi connectivity index (χ0v) is 35.3. The van der Waals surface area contributed by atoms with E-state index in [1.54, 1.807) is 6.92 Å². The number of hydrogen-bond acceptors (Lipinski definition) is 7. The third-order valence-corrected chi connectivity index (χ3v) is 11.2. The van der Waals surface area contributed by atoms with Crippen molar-refractivity contribution in [3.8, 4) is 0 Å². The predicted octanol–water partition coefficient (Wildman–Crippen LogP) is 11.9. The van der Waals surface area contributed by atoms with Gasteiger partial charge >= 0.3 is 10.4 Å². The molecular weight excluding hydrogens is 671 g/mol. The van der Waals surface area contributed by atoms with Crippen molar-refractivity contribution < 1.29 is 21.6 Å². The van der Waals surface area contributed by atoms with E-state index in [1.165, 1.54) is 135 Å². The summed E-state index contributed by atoms with van der Waals surface area (Å²) in [4.78, 5) is 19.7. The molecule has 8 nitrogen and oxygen atoms in total. The van der Waals surface area contributed by atoms with Gasteiger partial charge < -0.3 is 10.2 Å². The maximum atomic E-state index is 12.9. The second-order valence-corrected chi connectivity index (χ2v) is 16.5. The Morgan fingerprint density at radius 3 is 1.56 bits per heavy atom. The molecule has 52 heavy (non-hydrogen) atoms. The zero-order chi connectivity index (χ0) is 38.2. The van der Waals surface area contributed by atoms with Gasteiger partial charge in [-0.2, -0.15) is 8.42 Å². The molecule has 0 radical (unpaired) electrons. The summed E-state index contributed by atoms with van der Waals surface area (Å²) >= 11 is 0.